The van der Waals surface area contributed by atoms with E-state index in [-0.39, 0.29) is 6.10 Å². The van der Waals surface area contributed by atoms with Crippen LogP contribution in [0.5, 0.6) is 0 Å². The zero-order valence-electron chi connectivity index (χ0n) is 9.44. The van der Waals surface area contributed by atoms with Crippen molar-refractivity contribution in [1.29, 1.82) is 0 Å². The second-order valence-corrected chi connectivity index (χ2v) is 4.49. The molecule has 0 saturated carbocycles. The van der Waals surface area contributed by atoms with E-state index in [0.29, 0.717) is 12.0 Å². The smallest absolute Gasteiger partial charge is 0.0823 e. The third kappa shape index (κ3) is 2.84. The average Bonchev–Trinajstić information content (AvgIpc) is 2.50. The molecule has 1 atom stereocenters. The molecule has 0 radical (unpaired) electrons. The third-order valence-corrected chi connectivity index (χ3v) is 2.23. The van der Waals surface area contributed by atoms with Crippen molar-refractivity contribution in [2.45, 2.75) is 46.3 Å². The number of hydrogen-bond acceptors (Lipinski definition) is 2. The van der Waals surface area contributed by atoms with E-state index in [4.69, 9.17) is 0 Å². The minimum Gasteiger partial charge on any atom is -0.388 e. The highest BCUT2D eigenvalue weighted by atomic mass is 16.3. The molecule has 1 aromatic rings. The minimum absolute atomic E-state index is 0.356. The summed E-state index contributed by atoms with van der Waals surface area (Å²) in [6.07, 6.45) is 4.11. The summed E-state index contributed by atoms with van der Waals surface area (Å²) in [6, 6.07) is 0.356. The van der Waals surface area contributed by atoms with Gasteiger partial charge in [-0.25, -0.2) is 0 Å². The zero-order chi connectivity index (χ0) is 10.7. The Morgan fingerprint density at radius 2 is 2.00 bits per heavy atom. The van der Waals surface area contributed by atoms with E-state index in [9.17, 15) is 5.11 Å². The molecular formula is C11H20N2O. The molecule has 0 aliphatic heterocycles. The predicted octanol–water partition coefficient (Wildman–Crippen LogP) is 2.54. The highest BCUT2D eigenvalue weighted by molar-refractivity contribution is 5.08. The first kappa shape index (κ1) is 11.2. The molecule has 1 unspecified atom stereocenters. The summed E-state index contributed by atoms with van der Waals surface area (Å²) < 4.78 is 1.87. The van der Waals surface area contributed by atoms with E-state index in [1.54, 1.807) is 6.20 Å². The topological polar surface area (TPSA) is 38.1 Å². The van der Waals surface area contributed by atoms with Gasteiger partial charge < -0.3 is 5.11 Å². The molecule has 1 rings (SSSR count). The van der Waals surface area contributed by atoms with Gasteiger partial charge in [0.1, 0.15) is 0 Å². The lowest BCUT2D eigenvalue weighted by Crippen LogP contribution is -2.02. The van der Waals surface area contributed by atoms with Crippen molar-refractivity contribution in [3.63, 3.8) is 0 Å². The van der Waals surface area contributed by atoms with Gasteiger partial charge in [-0.1, -0.05) is 13.8 Å². The SMILES string of the molecule is CC(C)CC(O)c1cnn(C(C)C)c1. The maximum atomic E-state index is 9.83. The van der Waals surface area contributed by atoms with Crippen LogP contribution in [0.4, 0.5) is 0 Å². The van der Waals surface area contributed by atoms with Crippen molar-refractivity contribution >= 4 is 0 Å². The average molecular weight is 196 g/mol. The Morgan fingerprint density at radius 1 is 1.36 bits per heavy atom. The Kier molecular flexibility index (Phi) is 3.69. The van der Waals surface area contributed by atoms with Gasteiger partial charge in [0.2, 0.25) is 0 Å². The summed E-state index contributed by atoms with van der Waals surface area (Å²) >= 11 is 0. The van der Waals surface area contributed by atoms with Crippen LogP contribution in [-0.2, 0) is 0 Å². The molecule has 0 aliphatic carbocycles. The Hall–Kier alpha value is -0.830. The van der Waals surface area contributed by atoms with Crippen molar-refractivity contribution in [3.05, 3.63) is 18.0 Å². The molecule has 0 bridgehead atoms. The highest BCUT2D eigenvalue weighted by Crippen LogP contribution is 2.21. The van der Waals surface area contributed by atoms with Crippen LogP contribution >= 0.6 is 0 Å². The van der Waals surface area contributed by atoms with Crippen molar-refractivity contribution in [2.75, 3.05) is 0 Å². The van der Waals surface area contributed by atoms with E-state index in [1.165, 1.54) is 0 Å². The van der Waals surface area contributed by atoms with Crippen LogP contribution in [0.1, 0.15) is 51.8 Å². The molecule has 0 spiro atoms. The third-order valence-electron chi connectivity index (χ3n) is 2.23. The van der Waals surface area contributed by atoms with E-state index in [2.05, 4.69) is 32.8 Å². The van der Waals surface area contributed by atoms with Gasteiger partial charge in [0, 0.05) is 17.8 Å². The monoisotopic (exact) mass is 196 g/mol. The Balaban J connectivity index is 2.66. The summed E-state index contributed by atoms with van der Waals surface area (Å²) in [5.41, 5.74) is 0.924. The van der Waals surface area contributed by atoms with Crippen molar-refractivity contribution < 1.29 is 5.11 Å². The summed E-state index contributed by atoms with van der Waals surface area (Å²) in [4.78, 5) is 0. The normalized spacial score (nSPS) is 13.9. The summed E-state index contributed by atoms with van der Waals surface area (Å²) in [6.45, 7) is 8.36. The fraction of sp³-hybridized carbons (Fsp3) is 0.727. The highest BCUT2D eigenvalue weighted by Gasteiger charge is 2.12. The lowest BCUT2D eigenvalue weighted by molar-refractivity contribution is 0.151. The van der Waals surface area contributed by atoms with Crippen LogP contribution in [0.25, 0.3) is 0 Å². The Morgan fingerprint density at radius 3 is 2.43 bits per heavy atom. The number of aliphatic hydroxyl groups excluding tert-OH is 1. The van der Waals surface area contributed by atoms with Crippen LogP contribution in [0.15, 0.2) is 12.4 Å². The van der Waals surface area contributed by atoms with Crippen LogP contribution < -0.4 is 0 Å². The molecular weight excluding hydrogens is 176 g/mol. The van der Waals surface area contributed by atoms with Gasteiger partial charge in [0.15, 0.2) is 0 Å². The number of rotatable bonds is 4. The number of aromatic nitrogens is 2. The van der Waals surface area contributed by atoms with Gasteiger partial charge in [0.25, 0.3) is 0 Å². The largest absolute Gasteiger partial charge is 0.388 e. The molecule has 1 aromatic heterocycles. The Bertz CT molecular complexity index is 279. The van der Waals surface area contributed by atoms with E-state index in [1.807, 2.05) is 10.9 Å². The number of nitrogens with zero attached hydrogens (tertiary/aromatic N) is 2. The van der Waals surface area contributed by atoms with Gasteiger partial charge in [0.05, 0.1) is 12.3 Å². The predicted molar refractivity (Wildman–Crippen MR) is 57.0 cm³/mol. The van der Waals surface area contributed by atoms with Crippen LogP contribution in [-0.4, -0.2) is 14.9 Å². The molecule has 0 saturated heterocycles. The lowest BCUT2D eigenvalue weighted by Gasteiger charge is -2.10. The van der Waals surface area contributed by atoms with Crippen LogP contribution in [0.2, 0.25) is 0 Å². The molecule has 0 fully saturated rings. The first-order chi connectivity index (χ1) is 6.50. The number of hydrogen-bond donors (Lipinski definition) is 1. The molecule has 80 valence electrons. The van der Waals surface area contributed by atoms with Gasteiger partial charge >= 0.3 is 0 Å². The van der Waals surface area contributed by atoms with Gasteiger partial charge in [-0.2, -0.15) is 5.10 Å². The van der Waals surface area contributed by atoms with Crippen LogP contribution in [0, 0.1) is 5.92 Å². The standard InChI is InChI=1S/C11H20N2O/c1-8(2)5-11(14)10-6-12-13(7-10)9(3)4/h6-9,11,14H,5H2,1-4H3. The maximum absolute atomic E-state index is 9.83. The van der Waals surface area contributed by atoms with Crippen molar-refractivity contribution in [2.24, 2.45) is 5.92 Å². The first-order valence-electron chi connectivity index (χ1n) is 5.22. The molecule has 1 N–H and O–H groups in total. The molecule has 14 heavy (non-hydrogen) atoms. The summed E-state index contributed by atoms with van der Waals surface area (Å²) in [5.74, 6) is 0.507. The second kappa shape index (κ2) is 4.60. The zero-order valence-corrected chi connectivity index (χ0v) is 9.44. The molecule has 0 aromatic carbocycles. The van der Waals surface area contributed by atoms with Gasteiger partial charge in [-0.15, -0.1) is 0 Å². The molecule has 1 heterocycles. The minimum atomic E-state index is -0.373. The fourth-order valence-electron chi connectivity index (χ4n) is 1.39. The van der Waals surface area contributed by atoms with Crippen molar-refractivity contribution in [3.8, 4) is 0 Å². The maximum Gasteiger partial charge on any atom is 0.0823 e. The summed E-state index contributed by atoms with van der Waals surface area (Å²) in [7, 11) is 0. The van der Waals surface area contributed by atoms with E-state index < -0.39 is 0 Å². The second-order valence-electron chi connectivity index (χ2n) is 4.49. The summed E-state index contributed by atoms with van der Waals surface area (Å²) in [5, 5.41) is 14.0. The van der Waals surface area contributed by atoms with Crippen molar-refractivity contribution in [1.82, 2.24) is 9.78 Å². The van der Waals surface area contributed by atoms with Crippen LogP contribution in [0.3, 0.4) is 0 Å². The lowest BCUT2D eigenvalue weighted by atomic mass is 10.0. The molecule has 3 nitrogen and oxygen atoms in total. The Labute approximate surface area is 85.8 Å². The van der Waals surface area contributed by atoms with E-state index in [0.717, 1.165) is 12.0 Å². The molecule has 0 amide bonds. The quantitative estimate of drug-likeness (QED) is 0.803. The van der Waals surface area contributed by atoms with Gasteiger partial charge in [-0.3, -0.25) is 4.68 Å². The molecule has 0 aliphatic rings. The first-order valence-corrected chi connectivity index (χ1v) is 5.22. The van der Waals surface area contributed by atoms with Gasteiger partial charge in [-0.05, 0) is 26.2 Å². The fourth-order valence-corrected chi connectivity index (χ4v) is 1.39. The number of aliphatic hydroxyl groups is 1. The molecule has 3 heteroatoms. The van der Waals surface area contributed by atoms with E-state index >= 15 is 0 Å².